The molecule has 0 amide bonds. The van der Waals surface area contributed by atoms with E-state index in [-0.39, 0.29) is 5.82 Å². The minimum atomic E-state index is -0.214. The molecule has 0 unspecified atom stereocenters. The maximum absolute atomic E-state index is 13.4. The molecule has 0 radical (unpaired) electrons. The Labute approximate surface area is 80.6 Å². The molecule has 2 aromatic rings. The number of aromatic nitrogens is 1. The molecule has 3 nitrogen and oxygen atoms in total. The lowest BCUT2D eigenvalue weighted by atomic mass is 10.1. The smallest absolute Gasteiger partial charge is 0.127 e. The molecule has 14 heavy (non-hydrogen) atoms. The highest BCUT2D eigenvalue weighted by Gasteiger charge is 2.04. The first-order valence-corrected chi connectivity index (χ1v) is 4.38. The Balaban J connectivity index is 2.38. The monoisotopic (exact) mass is 194 g/mol. The van der Waals surface area contributed by atoms with Crippen molar-refractivity contribution in [3.63, 3.8) is 0 Å². The van der Waals surface area contributed by atoms with Crippen LogP contribution in [0.1, 0.15) is 5.56 Å². The van der Waals surface area contributed by atoms with Crippen LogP contribution in [0.15, 0.2) is 24.4 Å². The molecule has 0 aliphatic heterocycles. The average molecular weight is 194 g/mol. The molecule has 0 saturated carbocycles. The van der Waals surface area contributed by atoms with Crippen LogP contribution in [0.3, 0.4) is 0 Å². The van der Waals surface area contributed by atoms with E-state index in [1.807, 2.05) is 6.07 Å². The van der Waals surface area contributed by atoms with Gasteiger partial charge in [0.1, 0.15) is 5.82 Å². The average Bonchev–Trinajstić information content (AvgIpc) is 2.61. The fourth-order valence-electron chi connectivity index (χ4n) is 1.48. The van der Waals surface area contributed by atoms with Gasteiger partial charge in [0, 0.05) is 23.5 Å². The summed E-state index contributed by atoms with van der Waals surface area (Å²) in [6.07, 6.45) is 2.27. The Morgan fingerprint density at radius 2 is 2.29 bits per heavy atom. The molecule has 0 saturated heterocycles. The molecule has 3 N–H and O–H groups in total. The number of rotatable bonds is 3. The van der Waals surface area contributed by atoms with Crippen LogP contribution in [0, 0.1) is 5.82 Å². The van der Waals surface area contributed by atoms with Gasteiger partial charge in [-0.1, -0.05) is 0 Å². The molecule has 0 atom stereocenters. The fraction of sp³-hybridized carbons (Fsp3) is 0.200. The van der Waals surface area contributed by atoms with Crippen LogP contribution in [0.2, 0.25) is 0 Å². The van der Waals surface area contributed by atoms with Crippen molar-refractivity contribution < 1.29 is 9.23 Å². The van der Waals surface area contributed by atoms with Gasteiger partial charge in [-0.25, -0.2) is 10.3 Å². The Hall–Kier alpha value is -1.39. The predicted molar refractivity (Wildman–Crippen MR) is 52.1 cm³/mol. The summed E-state index contributed by atoms with van der Waals surface area (Å²) < 4.78 is 13.4. The van der Waals surface area contributed by atoms with Crippen LogP contribution >= 0.6 is 0 Å². The van der Waals surface area contributed by atoms with Crippen molar-refractivity contribution in [2.45, 2.75) is 6.42 Å². The molecule has 0 bridgehead atoms. The molecule has 0 aliphatic carbocycles. The van der Waals surface area contributed by atoms with Crippen LogP contribution < -0.4 is 5.90 Å². The first-order chi connectivity index (χ1) is 6.81. The predicted octanol–water partition coefficient (Wildman–Crippen LogP) is 1.74. The van der Waals surface area contributed by atoms with Crippen molar-refractivity contribution >= 4 is 10.9 Å². The first-order valence-electron chi connectivity index (χ1n) is 4.38. The third-order valence-electron chi connectivity index (χ3n) is 2.21. The number of halogens is 1. The lowest BCUT2D eigenvalue weighted by molar-refractivity contribution is 0.140. The summed E-state index contributed by atoms with van der Waals surface area (Å²) >= 11 is 0. The summed E-state index contributed by atoms with van der Waals surface area (Å²) in [6, 6.07) is 5.13. The second kappa shape index (κ2) is 3.77. The van der Waals surface area contributed by atoms with Gasteiger partial charge in [0.2, 0.25) is 0 Å². The minimum Gasteiger partial charge on any atom is -0.361 e. The quantitative estimate of drug-likeness (QED) is 0.731. The lowest BCUT2D eigenvalue weighted by Crippen LogP contribution is -2.04. The number of nitrogens with two attached hydrogens (primary N) is 1. The van der Waals surface area contributed by atoms with Gasteiger partial charge < -0.3 is 9.82 Å². The Kier molecular flexibility index (Phi) is 2.47. The summed E-state index contributed by atoms with van der Waals surface area (Å²) in [5.41, 5.74) is 1.55. The van der Waals surface area contributed by atoms with Crippen LogP contribution in [0.4, 0.5) is 4.39 Å². The molecule has 74 valence electrons. The molecular weight excluding hydrogens is 183 g/mol. The highest BCUT2D eigenvalue weighted by molar-refractivity contribution is 5.80. The van der Waals surface area contributed by atoms with Crippen LogP contribution in [0.5, 0.6) is 0 Å². The standard InChI is InChI=1S/C10H11FN2O/c11-9-5-8-1-3-13-10(8)6-7(9)2-4-14-12/h1,3,5-6,13H,2,4,12H2. The summed E-state index contributed by atoms with van der Waals surface area (Å²) in [6.45, 7) is 0.323. The van der Waals surface area contributed by atoms with Gasteiger partial charge in [-0.15, -0.1) is 0 Å². The van der Waals surface area contributed by atoms with Crippen LogP contribution in [0.25, 0.3) is 10.9 Å². The second-order valence-electron chi connectivity index (χ2n) is 3.13. The van der Waals surface area contributed by atoms with E-state index in [0.717, 1.165) is 10.9 Å². The van der Waals surface area contributed by atoms with Gasteiger partial charge in [-0.2, -0.15) is 0 Å². The first kappa shape index (κ1) is 9.18. The zero-order valence-electron chi connectivity index (χ0n) is 7.59. The molecule has 4 heteroatoms. The SMILES string of the molecule is NOCCc1cc2[nH]ccc2cc1F. The van der Waals surface area contributed by atoms with E-state index in [0.29, 0.717) is 18.6 Å². The van der Waals surface area contributed by atoms with Crippen LogP contribution in [-0.2, 0) is 11.3 Å². The summed E-state index contributed by atoms with van der Waals surface area (Å²) in [4.78, 5) is 7.44. The molecule has 0 spiro atoms. The maximum atomic E-state index is 13.4. The Morgan fingerprint density at radius 3 is 3.07 bits per heavy atom. The van der Waals surface area contributed by atoms with Crippen molar-refractivity contribution in [3.05, 3.63) is 35.8 Å². The fourth-order valence-corrected chi connectivity index (χ4v) is 1.48. The summed E-state index contributed by atoms with van der Waals surface area (Å²) in [5.74, 6) is 4.68. The third kappa shape index (κ3) is 1.62. The normalized spacial score (nSPS) is 11.0. The van der Waals surface area contributed by atoms with Gasteiger partial charge in [-0.3, -0.25) is 0 Å². The van der Waals surface area contributed by atoms with Gasteiger partial charge in [0.05, 0.1) is 6.61 Å². The third-order valence-corrected chi connectivity index (χ3v) is 2.21. The van der Waals surface area contributed by atoms with Gasteiger partial charge in [-0.05, 0) is 23.8 Å². The van der Waals surface area contributed by atoms with E-state index >= 15 is 0 Å². The van der Waals surface area contributed by atoms with Gasteiger partial charge in [0.25, 0.3) is 0 Å². The van der Waals surface area contributed by atoms with E-state index in [1.165, 1.54) is 6.07 Å². The minimum absolute atomic E-state index is 0.214. The zero-order valence-corrected chi connectivity index (χ0v) is 7.59. The van der Waals surface area contributed by atoms with Crippen LogP contribution in [-0.4, -0.2) is 11.6 Å². The molecule has 0 aliphatic rings. The number of aromatic amines is 1. The van der Waals surface area contributed by atoms with Crippen molar-refractivity contribution in [1.29, 1.82) is 0 Å². The number of fused-ring (bicyclic) bond motifs is 1. The van der Waals surface area contributed by atoms with Gasteiger partial charge in [0.15, 0.2) is 0 Å². The molecule has 1 aromatic carbocycles. The zero-order chi connectivity index (χ0) is 9.97. The van der Waals surface area contributed by atoms with E-state index in [1.54, 1.807) is 12.3 Å². The molecule has 1 heterocycles. The number of H-pyrrole nitrogens is 1. The highest BCUT2D eigenvalue weighted by Crippen LogP contribution is 2.18. The molecule has 2 rings (SSSR count). The number of hydrogen-bond donors (Lipinski definition) is 2. The highest BCUT2D eigenvalue weighted by atomic mass is 19.1. The van der Waals surface area contributed by atoms with Gasteiger partial charge >= 0.3 is 0 Å². The molecule has 1 aromatic heterocycles. The van der Waals surface area contributed by atoms with E-state index in [4.69, 9.17) is 5.90 Å². The summed E-state index contributed by atoms with van der Waals surface area (Å²) in [5, 5.41) is 0.875. The topological polar surface area (TPSA) is 51.0 Å². The lowest BCUT2D eigenvalue weighted by Gasteiger charge is -2.02. The molecule has 0 fully saturated rings. The Morgan fingerprint density at radius 1 is 1.43 bits per heavy atom. The van der Waals surface area contributed by atoms with E-state index in [9.17, 15) is 4.39 Å². The van der Waals surface area contributed by atoms with Crippen molar-refractivity contribution in [2.24, 2.45) is 5.90 Å². The van der Waals surface area contributed by atoms with E-state index in [2.05, 4.69) is 9.82 Å². The van der Waals surface area contributed by atoms with E-state index < -0.39 is 0 Å². The van der Waals surface area contributed by atoms with Crippen molar-refractivity contribution in [1.82, 2.24) is 4.98 Å². The molecular formula is C10H11FN2O. The number of nitrogens with one attached hydrogen (secondary N) is 1. The summed E-state index contributed by atoms with van der Waals surface area (Å²) in [7, 11) is 0. The largest absolute Gasteiger partial charge is 0.361 e. The Bertz CT molecular complexity index is 439. The second-order valence-corrected chi connectivity index (χ2v) is 3.13. The van der Waals surface area contributed by atoms with Crippen molar-refractivity contribution in [2.75, 3.05) is 6.61 Å². The van der Waals surface area contributed by atoms with Crippen molar-refractivity contribution in [3.8, 4) is 0 Å². The number of benzene rings is 1. The number of hydrogen-bond acceptors (Lipinski definition) is 2. The maximum Gasteiger partial charge on any atom is 0.127 e.